The van der Waals surface area contributed by atoms with E-state index in [0.717, 1.165) is 17.2 Å². The van der Waals surface area contributed by atoms with Crippen molar-refractivity contribution in [3.8, 4) is 33.8 Å². The van der Waals surface area contributed by atoms with E-state index in [0.29, 0.717) is 33.6 Å². The predicted octanol–water partition coefficient (Wildman–Crippen LogP) is 7.63. The number of hydrogen-bond acceptors (Lipinski definition) is 4. The van der Waals surface area contributed by atoms with Crippen molar-refractivity contribution in [2.45, 2.75) is 12.8 Å². The Morgan fingerprint density at radius 1 is 0.795 bits per heavy atom. The third kappa shape index (κ3) is 5.85. The smallest absolute Gasteiger partial charge is 0.418 e. The number of fused-ring (bicyclic) bond motifs is 1. The molecule has 1 aromatic heterocycles. The Kier molecular flexibility index (Phi) is 7.19. The van der Waals surface area contributed by atoms with Gasteiger partial charge in [0.1, 0.15) is 18.1 Å². The highest BCUT2D eigenvalue weighted by Gasteiger charge is 2.33. The second kappa shape index (κ2) is 10.9. The van der Waals surface area contributed by atoms with Gasteiger partial charge in [-0.3, -0.25) is 4.98 Å². The van der Waals surface area contributed by atoms with Gasteiger partial charge in [-0.15, -0.1) is 0 Å². The Hall–Kier alpha value is -4.85. The highest BCUT2D eigenvalue weighted by Crippen LogP contribution is 2.42. The van der Waals surface area contributed by atoms with Gasteiger partial charge >= 0.3 is 12.1 Å². The van der Waals surface area contributed by atoms with Gasteiger partial charge in [0, 0.05) is 22.7 Å². The first kappa shape index (κ1) is 25.8. The summed E-state index contributed by atoms with van der Waals surface area (Å²) in [5.41, 5.74) is 2.78. The zero-order chi connectivity index (χ0) is 27.4. The molecule has 0 spiro atoms. The lowest BCUT2D eigenvalue weighted by Crippen LogP contribution is -2.09. The molecule has 0 amide bonds. The van der Waals surface area contributed by atoms with E-state index in [1.807, 2.05) is 36.4 Å². The lowest BCUT2D eigenvalue weighted by Gasteiger charge is -2.17. The number of nitrogens with zero attached hydrogens (tertiary/aromatic N) is 1. The molecule has 0 atom stereocenters. The van der Waals surface area contributed by atoms with Crippen LogP contribution in [0.5, 0.6) is 11.5 Å². The van der Waals surface area contributed by atoms with Crippen LogP contribution < -0.4 is 9.47 Å². The molecule has 196 valence electrons. The molecule has 0 unspecified atom stereocenters. The molecule has 4 aromatic carbocycles. The van der Waals surface area contributed by atoms with Crippen LogP contribution in [0.4, 0.5) is 13.2 Å². The first-order chi connectivity index (χ1) is 18.8. The molecule has 0 bridgehead atoms. The zero-order valence-corrected chi connectivity index (χ0v) is 20.5. The molecule has 39 heavy (non-hydrogen) atoms. The first-order valence-electron chi connectivity index (χ1n) is 12.0. The van der Waals surface area contributed by atoms with Crippen molar-refractivity contribution in [2.24, 2.45) is 0 Å². The molecule has 5 rings (SSSR count). The van der Waals surface area contributed by atoms with E-state index in [1.165, 1.54) is 12.3 Å². The lowest BCUT2D eigenvalue weighted by molar-refractivity contribution is -0.139. The van der Waals surface area contributed by atoms with E-state index in [-0.39, 0.29) is 12.1 Å². The molecular formula is C31H22F3NO4. The molecule has 5 aromatic rings. The second-order valence-electron chi connectivity index (χ2n) is 8.76. The molecule has 0 radical (unpaired) electrons. The van der Waals surface area contributed by atoms with Crippen molar-refractivity contribution in [2.75, 3.05) is 6.61 Å². The highest BCUT2D eigenvalue weighted by atomic mass is 19.4. The second-order valence-corrected chi connectivity index (χ2v) is 8.76. The number of hydrogen-bond donors (Lipinski definition) is 1. The summed E-state index contributed by atoms with van der Waals surface area (Å²) in [6.45, 7) is -0.203. The number of alkyl halides is 3. The number of aromatic nitrogens is 1. The van der Waals surface area contributed by atoms with Gasteiger partial charge in [-0.05, 0) is 47.0 Å². The maximum atomic E-state index is 13.8. The zero-order valence-electron chi connectivity index (χ0n) is 20.5. The minimum absolute atomic E-state index is 0.115. The number of benzene rings is 4. The van der Waals surface area contributed by atoms with E-state index in [2.05, 4.69) is 4.98 Å². The van der Waals surface area contributed by atoms with E-state index >= 15 is 0 Å². The Morgan fingerprint density at radius 3 is 2.23 bits per heavy atom. The summed E-state index contributed by atoms with van der Waals surface area (Å²) in [7, 11) is 0. The molecule has 8 heteroatoms. The molecule has 0 aliphatic rings. The monoisotopic (exact) mass is 529 g/mol. The van der Waals surface area contributed by atoms with Crippen LogP contribution in [-0.2, 0) is 17.6 Å². The first-order valence-corrected chi connectivity index (χ1v) is 12.0. The molecule has 0 aliphatic heterocycles. The van der Waals surface area contributed by atoms with Gasteiger partial charge in [0.15, 0.2) is 6.61 Å². The maximum absolute atomic E-state index is 13.8. The fraction of sp³-hybridized carbons (Fsp3) is 0.0968. The van der Waals surface area contributed by atoms with Crippen LogP contribution in [0.1, 0.15) is 11.1 Å². The largest absolute Gasteiger partial charge is 0.489 e. The highest BCUT2D eigenvalue weighted by molar-refractivity contribution is 6.03. The molecule has 1 N–H and O–H groups in total. The summed E-state index contributed by atoms with van der Waals surface area (Å²) in [6.07, 6.45) is -3.05. The number of pyridine rings is 1. The van der Waals surface area contributed by atoms with Gasteiger partial charge in [0.25, 0.3) is 0 Å². The van der Waals surface area contributed by atoms with Crippen LogP contribution in [0, 0.1) is 0 Å². The normalized spacial score (nSPS) is 11.4. The summed E-state index contributed by atoms with van der Waals surface area (Å²) >= 11 is 0. The topological polar surface area (TPSA) is 68.7 Å². The Morgan fingerprint density at radius 2 is 1.51 bits per heavy atom. The summed E-state index contributed by atoms with van der Waals surface area (Å²) in [5.74, 6) is -0.0941. The van der Waals surface area contributed by atoms with Crippen LogP contribution in [0.2, 0.25) is 0 Å². The third-order valence-electron chi connectivity index (χ3n) is 6.10. The molecule has 0 fully saturated rings. The third-order valence-corrected chi connectivity index (χ3v) is 6.10. The molecule has 0 saturated heterocycles. The average molecular weight is 530 g/mol. The van der Waals surface area contributed by atoms with Crippen LogP contribution >= 0.6 is 0 Å². The summed E-state index contributed by atoms with van der Waals surface area (Å²) in [4.78, 5) is 14.9. The van der Waals surface area contributed by atoms with Gasteiger partial charge in [0.05, 0.1) is 11.1 Å². The van der Waals surface area contributed by atoms with Gasteiger partial charge in [-0.2, -0.15) is 13.2 Å². The van der Waals surface area contributed by atoms with Crippen LogP contribution in [0.15, 0.2) is 103 Å². The number of ether oxygens (including phenoxy) is 2. The van der Waals surface area contributed by atoms with Gasteiger partial charge in [0.2, 0.25) is 0 Å². The van der Waals surface area contributed by atoms with Crippen molar-refractivity contribution < 1.29 is 32.5 Å². The molecule has 0 aliphatic carbocycles. The minimum Gasteiger partial charge on any atom is -0.489 e. The number of carboxylic acids is 1. The van der Waals surface area contributed by atoms with E-state index in [1.54, 1.807) is 48.5 Å². The van der Waals surface area contributed by atoms with E-state index < -0.39 is 24.3 Å². The van der Waals surface area contributed by atoms with Crippen molar-refractivity contribution in [3.63, 3.8) is 0 Å². The number of carbonyl (C=O) groups is 1. The number of halogens is 3. The summed E-state index contributed by atoms with van der Waals surface area (Å²) < 4.78 is 52.6. The average Bonchev–Trinajstić information content (AvgIpc) is 2.94. The van der Waals surface area contributed by atoms with Crippen LogP contribution in [0.3, 0.4) is 0 Å². The van der Waals surface area contributed by atoms with Crippen molar-refractivity contribution in [1.82, 2.24) is 4.98 Å². The number of rotatable bonds is 8. The van der Waals surface area contributed by atoms with Crippen molar-refractivity contribution in [1.29, 1.82) is 0 Å². The molecule has 1 heterocycles. The summed E-state index contributed by atoms with van der Waals surface area (Å²) in [5, 5.41) is 9.12. The Balaban J connectivity index is 1.51. The summed E-state index contributed by atoms with van der Waals surface area (Å²) in [6, 6.07) is 27.5. The van der Waals surface area contributed by atoms with Gasteiger partial charge < -0.3 is 14.6 Å². The Labute approximate surface area is 222 Å². The predicted molar refractivity (Wildman–Crippen MR) is 142 cm³/mol. The number of carboxylic acid groups (broad SMARTS) is 1. The molecule has 0 saturated carbocycles. The van der Waals surface area contributed by atoms with E-state index in [4.69, 9.17) is 14.6 Å². The van der Waals surface area contributed by atoms with Gasteiger partial charge in [-0.1, -0.05) is 66.7 Å². The Bertz CT molecular complexity index is 1620. The molecular weight excluding hydrogens is 507 g/mol. The quantitative estimate of drug-likeness (QED) is 0.224. The van der Waals surface area contributed by atoms with Crippen molar-refractivity contribution in [3.05, 3.63) is 114 Å². The SMILES string of the molecule is O=C(O)COc1ccc(COc2cccc(-c3c(-c4ccccc4)cnc4c(C(F)(F)F)cccc34)c2)cc1. The lowest BCUT2D eigenvalue weighted by atomic mass is 9.91. The minimum atomic E-state index is -4.54. The number of aliphatic carboxylic acids is 1. The standard InChI is InChI=1S/C31H22F3NO4/c32-31(33,34)27-11-5-10-25-29(26(17-35-30(25)27)21-6-2-1-3-7-21)22-8-4-9-24(16-22)38-18-20-12-14-23(15-13-20)39-19-28(36)37/h1-17H,18-19H2,(H,36,37). The van der Waals surface area contributed by atoms with Crippen molar-refractivity contribution >= 4 is 16.9 Å². The van der Waals surface area contributed by atoms with Crippen LogP contribution in [0.25, 0.3) is 33.2 Å². The van der Waals surface area contributed by atoms with E-state index in [9.17, 15) is 18.0 Å². The number of para-hydroxylation sites is 1. The fourth-order valence-corrected chi connectivity index (χ4v) is 4.33. The molecule has 5 nitrogen and oxygen atoms in total. The fourth-order valence-electron chi connectivity index (χ4n) is 4.33. The maximum Gasteiger partial charge on any atom is 0.418 e. The van der Waals surface area contributed by atoms with Crippen LogP contribution in [-0.4, -0.2) is 22.7 Å². The van der Waals surface area contributed by atoms with Gasteiger partial charge in [-0.25, -0.2) is 4.79 Å².